The number of aromatic nitrogens is 4. The molecule has 6 aromatic rings. The van der Waals surface area contributed by atoms with Crippen LogP contribution < -0.4 is 5.32 Å². The maximum Gasteiger partial charge on any atom is 0.257 e. The summed E-state index contributed by atoms with van der Waals surface area (Å²) >= 11 is 1.47. The van der Waals surface area contributed by atoms with Crippen LogP contribution in [0.5, 0.6) is 0 Å². The smallest absolute Gasteiger partial charge is 0.257 e. The van der Waals surface area contributed by atoms with Crippen molar-refractivity contribution in [2.75, 3.05) is 11.9 Å². The van der Waals surface area contributed by atoms with Crippen LogP contribution in [0.3, 0.4) is 0 Å². The number of carbonyl (C=O) groups excluding carboxylic acids is 1. The van der Waals surface area contributed by atoms with Crippen molar-refractivity contribution in [2.45, 2.75) is 45.2 Å². The molecule has 6 heterocycles. The number of benzene rings is 2. The minimum atomic E-state index is -0.912. The summed E-state index contributed by atoms with van der Waals surface area (Å²) in [6.07, 6.45) is 4.50. The quantitative estimate of drug-likeness (QED) is 0.179. The van der Waals surface area contributed by atoms with E-state index in [0.29, 0.717) is 53.3 Å². The first-order valence-corrected chi connectivity index (χ1v) is 16.1. The number of thiophene rings is 1. The standard InChI is InChI=1S/C35H27F3N6O2S/c1-18-42-43-34(46-18)28-25(11-7-19-4-8-22(36)9-5-19)41-31-26-3-2-14-44(26)35(45)30(31)29(28)27-16-21-12-13-39-33(32(21)47-27)40-17-20-6-10-23(37)24(38)15-20/h4-6,8-10,12-13,15-16,26H,2-3,7,11,14,17H2,1H3,(H,39,40)/t26-/m1/s1. The molecule has 8 nitrogen and oxygen atoms in total. The molecule has 0 radical (unpaired) electrons. The van der Waals surface area contributed by atoms with Crippen LogP contribution in [0.4, 0.5) is 19.0 Å². The van der Waals surface area contributed by atoms with Crippen LogP contribution in [0.15, 0.2) is 65.2 Å². The highest BCUT2D eigenvalue weighted by atomic mass is 32.1. The van der Waals surface area contributed by atoms with Gasteiger partial charge in [0.15, 0.2) is 11.6 Å². The fourth-order valence-corrected chi connectivity index (χ4v) is 7.75. The van der Waals surface area contributed by atoms with E-state index in [2.05, 4.69) is 20.5 Å². The summed E-state index contributed by atoms with van der Waals surface area (Å²) in [6.45, 7) is 2.61. The number of rotatable bonds is 8. The number of pyridine rings is 2. The number of carbonyl (C=O) groups is 1. The number of aryl methyl sites for hydroxylation is 3. The number of nitrogens with zero attached hydrogens (tertiary/aromatic N) is 5. The van der Waals surface area contributed by atoms with Crippen LogP contribution in [0.1, 0.15) is 57.6 Å². The van der Waals surface area contributed by atoms with Gasteiger partial charge < -0.3 is 14.6 Å². The molecule has 2 aliphatic heterocycles. The summed E-state index contributed by atoms with van der Waals surface area (Å²) in [4.78, 5) is 26.5. The molecular weight excluding hydrogens is 625 g/mol. The van der Waals surface area contributed by atoms with E-state index in [9.17, 15) is 18.0 Å². The molecule has 1 amide bonds. The predicted molar refractivity (Wildman–Crippen MR) is 171 cm³/mol. The van der Waals surface area contributed by atoms with Crippen LogP contribution in [0.25, 0.3) is 32.0 Å². The van der Waals surface area contributed by atoms with E-state index in [1.165, 1.54) is 29.5 Å². The first kappa shape index (κ1) is 29.3. The van der Waals surface area contributed by atoms with Crippen LogP contribution in [0.2, 0.25) is 0 Å². The third-order valence-corrected chi connectivity index (χ3v) is 9.95. The number of hydrogen-bond acceptors (Lipinski definition) is 8. The molecule has 0 unspecified atom stereocenters. The summed E-state index contributed by atoms with van der Waals surface area (Å²) in [5.74, 6) is -0.953. The van der Waals surface area contributed by atoms with Gasteiger partial charge in [-0.25, -0.2) is 18.2 Å². The van der Waals surface area contributed by atoms with E-state index in [1.54, 1.807) is 25.3 Å². The van der Waals surface area contributed by atoms with Gasteiger partial charge in [0.05, 0.1) is 33.3 Å². The largest absolute Gasteiger partial charge is 0.421 e. The summed E-state index contributed by atoms with van der Waals surface area (Å²) < 4.78 is 47.9. The molecule has 2 aliphatic rings. The molecule has 8 rings (SSSR count). The Balaban J connectivity index is 1.28. The predicted octanol–water partition coefficient (Wildman–Crippen LogP) is 7.82. The number of amides is 1. The lowest BCUT2D eigenvalue weighted by Crippen LogP contribution is -2.22. The number of anilines is 1. The van der Waals surface area contributed by atoms with Crippen molar-refractivity contribution in [3.05, 3.63) is 112 Å². The molecule has 0 aliphatic carbocycles. The van der Waals surface area contributed by atoms with Crippen molar-refractivity contribution in [1.29, 1.82) is 0 Å². The Morgan fingerprint density at radius 3 is 2.57 bits per heavy atom. The molecule has 0 bridgehead atoms. The molecule has 4 aromatic heterocycles. The fraction of sp³-hybridized carbons (Fsp3) is 0.229. The Kier molecular flexibility index (Phi) is 7.24. The zero-order valence-corrected chi connectivity index (χ0v) is 26.0. The van der Waals surface area contributed by atoms with E-state index >= 15 is 0 Å². The molecule has 1 fully saturated rings. The number of nitrogens with one attached hydrogen (secondary N) is 1. The van der Waals surface area contributed by atoms with E-state index in [-0.39, 0.29) is 30.2 Å². The van der Waals surface area contributed by atoms with Crippen molar-refractivity contribution in [2.24, 2.45) is 0 Å². The topological polar surface area (TPSA) is 97.0 Å². The van der Waals surface area contributed by atoms with Gasteiger partial charge in [0.1, 0.15) is 11.6 Å². The number of halogens is 3. The van der Waals surface area contributed by atoms with E-state index < -0.39 is 11.6 Å². The lowest BCUT2D eigenvalue weighted by molar-refractivity contribution is 0.0776. The lowest BCUT2D eigenvalue weighted by Gasteiger charge is -2.16. The summed E-state index contributed by atoms with van der Waals surface area (Å²) in [5, 5.41) is 12.7. The third-order valence-electron chi connectivity index (χ3n) is 8.77. The van der Waals surface area contributed by atoms with Crippen molar-refractivity contribution >= 4 is 33.1 Å². The second-order valence-corrected chi connectivity index (χ2v) is 12.8. The maximum absolute atomic E-state index is 14.1. The van der Waals surface area contributed by atoms with Gasteiger partial charge >= 0.3 is 0 Å². The van der Waals surface area contributed by atoms with Crippen LogP contribution in [0, 0.1) is 24.4 Å². The summed E-state index contributed by atoms with van der Waals surface area (Å²) in [6, 6.07) is 14.0. The highest BCUT2D eigenvalue weighted by molar-refractivity contribution is 7.23. The molecule has 12 heteroatoms. The lowest BCUT2D eigenvalue weighted by atomic mass is 9.93. The molecule has 236 valence electrons. The van der Waals surface area contributed by atoms with Gasteiger partial charge in [0.25, 0.3) is 5.91 Å². The second-order valence-electron chi connectivity index (χ2n) is 11.8. The number of fused-ring (bicyclic) bond motifs is 4. The van der Waals surface area contributed by atoms with E-state index in [4.69, 9.17) is 9.40 Å². The molecule has 1 atom stereocenters. The first-order chi connectivity index (χ1) is 22.8. The minimum absolute atomic E-state index is 0.0696. The fourth-order valence-electron chi connectivity index (χ4n) is 6.57. The van der Waals surface area contributed by atoms with Gasteiger partial charge in [-0.1, -0.05) is 18.2 Å². The molecule has 1 N–H and O–H groups in total. The Hall–Kier alpha value is -5.10. The van der Waals surface area contributed by atoms with Crippen LogP contribution >= 0.6 is 11.3 Å². The molecule has 0 spiro atoms. The molecule has 2 aromatic carbocycles. The van der Waals surface area contributed by atoms with Gasteiger partial charge in [-0.15, -0.1) is 21.5 Å². The average molecular weight is 653 g/mol. The number of hydrogen-bond donors (Lipinski definition) is 1. The molecule has 47 heavy (non-hydrogen) atoms. The average Bonchev–Trinajstić information content (AvgIpc) is 3.87. The Morgan fingerprint density at radius 1 is 0.957 bits per heavy atom. The summed E-state index contributed by atoms with van der Waals surface area (Å²) in [7, 11) is 0. The monoisotopic (exact) mass is 652 g/mol. The van der Waals surface area contributed by atoms with Gasteiger partial charge in [-0.2, -0.15) is 0 Å². The zero-order valence-electron chi connectivity index (χ0n) is 25.2. The van der Waals surface area contributed by atoms with Crippen molar-refractivity contribution in [1.82, 2.24) is 25.1 Å². The van der Waals surface area contributed by atoms with Crippen LogP contribution in [-0.2, 0) is 19.4 Å². The molecular formula is C35H27F3N6O2S. The highest BCUT2D eigenvalue weighted by Crippen LogP contribution is 2.50. The van der Waals surface area contributed by atoms with E-state index in [1.807, 2.05) is 17.0 Å². The second kappa shape index (κ2) is 11.6. The Bertz CT molecular complexity index is 2180. The SMILES string of the molecule is Cc1nnc(-c2c(CCc3ccc(F)cc3)nc3c(c2-c2cc4ccnc(NCc5ccc(F)c(F)c5)c4s2)C(=O)N2CCC[C@H]32)o1. The van der Waals surface area contributed by atoms with Crippen molar-refractivity contribution in [3.8, 4) is 21.9 Å². The van der Waals surface area contributed by atoms with Gasteiger partial charge in [-0.05, 0) is 78.6 Å². The normalized spacial score (nSPS) is 15.4. The van der Waals surface area contributed by atoms with Crippen LogP contribution in [-0.4, -0.2) is 37.5 Å². The third kappa shape index (κ3) is 5.22. The molecule has 1 saturated heterocycles. The first-order valence-electron chi connectivity index (χ1n) is 15.3. The van der Waals surface area contributed by atoms with E-state index in [0.717, 1.165) is 56.9 Å². The molecule has 0 saturated carbocycles. The zero-order chi connectivity index (χ0) is 32.2. The minimum Gasteiger partial charge on any atom is -0.421 e. The highest BCUT2D eigenvalue weighted by Gasteiger charge is 2.44. The Labute approximate surface area is 271 Å². The maximum atomic E-state index is 14.1. The van der Waals surface area contributed by atoms with Gasteiger partial charge in [0.2, 0.25) is 11.8 Å². The van der Waals surface area contributed by atoms with Gasteiger partial charge in [-0.3, -0.25) is 9.78 Å². The Morgan fingerprint density at radius 2 is 1.79 bits per heavy atom. The summed E-state index contributed by atoms with van der Waals surface area (Å²) in [5.41, 5.74) is 4.84. The van der Waals surface area contributed by atoms with Crippen molar-refractivity contribution < 1.29 is 22.4 Å². The van der Waals surface area contributed by atoms with Crippen molar-refractivity contribution in [3.63, 3.8) is 0 Å². The van der Waals surface area contributed by atoms with Gasteiger partial charge in [0, 0.05) is 36.7 Å².